The first-order valence-electron chi connectivity index (χ1n) is 7.33. The molecule has 0 fully saturated rings. The summed E-state index contributed by atoms with van der Waals surface area (Å²) >= 11 is 0. The zero-order chi connectivity index (χ0) is 15.2. The van der Waals surface area contributed by atoms with Gasteiger partial charge in [-0.15, -0.1) is 0 Å². The number of phenolic OH excluding ortho intramolecular Hbond substituents is 1. The van der Waals surface area contributed by atoms with E-state index in [2.05, 4.69) is 28.3 Å². The van der Waals surface area contributed by atoms with Gasteiger partial charge in [0.05, 0.1) is 12.6 Å². The van der Waals surface area contributed by atoms with E-state index in [1.807, 2.05) is 12.3 Å². The normalized spacial score (nSPS) is 12.8. The fraction of sp³-hybridized carbons (Fsp3) is 0.438. The summed E-state index contributed by atoms with van der Waals surface area (Å²) in [6.07, 6.45) is 3.15. The van der Waals surface area contributed by atoms with Crippen LogP contribution < -0.4 is 0 Å². The van der Waals surface area contributed by atoms with Crippen LogP contribution in [0.25, 0.3) is 0 Å². The van der Waals surface area contributed by atoms with Crippen molar-refractivity contribution in [2.75, 3.05) is 13.1 Å². The van der Waals surface area contributed by atoms with Crippen LogP contribution in [0.4, 0.5) is 0 Å². The molecule has 0 spiro atoms. The monoisotopic (exact) mass is 289 g/mol. The molecule has 114 valence electrons. The number of aliphatic hydroxyl groups is 1. The number of phenols is 1. The van der Waals surface area contributed by atoms with Gasteiger partial charge in [0, 0.05) is 25.5 Å². The molecule has 0 saturated heterocycles. The van der Waals surface area contributed by atoms with Gasteiger partial charge in [-0.25, -0.2) is 4.98 Å². The van der Waals surface area contributed by atoms with Crippen LogP contribution in [0.5, 0.6) is 5.75 Å². The summed E-state index contributed by atoms with van der Waals surface area (Å²) in [5.74, 6) is 1.18. The van der Waals surface area contributed by atoms with Gasteiger partial charge in [-0.05, 0) is 31.2 Å². The average Bonchev–Trinajstić information content (AvgIpc) is 2.93. The van der Waals surface area contributed by atoms with Gasteiger partial charge in [-0.1, -0.05) is 19.1 Å². The molecular weight excluding hydrogens is 266 g/mol. The molecule has 1 heterocycles. The van der Waals surface area contributed by atoms with E-state index in [1.54, 1.807) is 24.4 Å². The lowest BCUT2D eigenvalue weighted by Crippen LogP contribution is -2.29. The molecular formula is C16H23N3O2. The molecule has 0 aliphatic carbocycles. The maximum absolute atomic E-state index is 10.3. The summed E-state index contributed by atoms with van der Waals surface area (Å²) in [6.45, 7) is 7.08. The molecule has 2 rings (SSSR count). The lowest BCUT2D eigenvalue weighted by Gasteiger charge is -2.23. The molecule has 0 amide bonds. The molecule has 1 aromatic carbocycles. The molecule has 5 heteroatoms. The summed E-state index contributed by atoms with van der Waals surface area (Å²) in [6, 6.07) is 6.77. The average molecular weight is 289 g/mol. The van der Waals surface area contributed by atoms with Gasteiger partial charge in [0.1, 0.15) is 11.6 Å². The number of aliphatic hydroxyl groups excluding tert-OH is 1. The van der Waals surface area contributed by atoms with Crippen molar-refractivity contribution >= 4 is 0 Å². The Morgan fingerprint density at radius 1 is 1.33 bits per heavy atom. The van der Waals surface area contributed by atoms with E-state index in [-0.39, 0.29) is 5.75 Å². The van der Waals surface area contributed by atoms with Crippen molar-refractivity contribution in [3.05, 3.63) is 48.0 Å². The number of rotatable bonds is 7. The number of likely N-dealkylation sites (N-methyl/N-ethyl adjacent to an activating group) is 1. The lowest BCUT2D eigenvalue weighted by molar-refractivity contribution is 0.110. The van der Waals surface area contributed by atoms with Crippen molar-refractivity contribution in [1.82, 2.24) is 14.5 Å². The Kier molecular flexibility index (Phi) is 5.36. The molecule has 2 N–H and O–H groups in total. The number of nitrogens with zero attached hydrogens (tertiary/aromatic N) is 3. The zero-order valence-corrected chi connectivity index (χ0v) is 12.6. The van der Waals surface area contributed by atoms with Crippen molar-refractivity contribution in [1.29, 1.82) is 0 Å². The molecule has 0 aliphatic heterocycles. The number of hydrogen-bond donors (Lipinski definition) is 2. The van der Waals surface area contributed by atoms with E-state index in [4.69, 9.17) is 0 Å². The first-order chi connectivity index (χ1) is 10.1. The van der Waals surface area contributed by atoms with Crippen molar-refractivity contribution in [2.45, 2.75) is 33.0 Å². The van der Waals surface area contributed by atoms with Crippen LogP contribution >= 0.6 is 0 Å². The van der Waals surface area contributed by atoms with E-state index in [1.165, 1.54) is 0 Å². The van der Waals surface area contributed by atoms with Crippen LogP contribution in [-0.2, 0) is 13.1 Å². The Balaban J connectivity index is 2.02. The molecule has 0 saturated carbocycles. The van der Waals surface area contributed by atoms with Crippen LogP contribution in [-0.4, -0.2) is 37.8 Å². The quantitative estimate of drug-likeness (QED) is 0.820. The molecule has 0 radical (unpaired) electrons. The molecule has 1 aromatic heterocycles. The Morgan fingerprint density at radius 3 is 2.81 bits per heavy atom. The fourth-order valence-corrected chi connectivity index (χ4v) is 2.37. The topological polar surface area (TPSA) is 61.5 Å². The second-order valence-electron chi connectivity index (χ2n) is 5.07. The van der Waals surface area contributed by atoms with Gasteiger partial charge in [-0.2, -0.15) is 0 Å². The fourth-order valence-electron chi connectivity index (χ4n) is 2.37. The summed E-state index contributed by atoms with van der Waals surface area (Å²) in [5.41, 5.74) is 0.729. The van der Waals surface area contributed by atoms with Crippen molar-refractivity contribution in [3.8, 4) is 5.75 Å². The van der Waals surface area contributed by atoms with Crippen LogP contribution in [0.15, 0.2) is 36.7 Å². The highest BCUT2D eigenvalue weighted by Crippen LogP contribution is 2.19. The largest absolute Gasteiger partial charge is 0.508 e. The molecule has 2 aromatic rings. The third-order valence-corrected chi connectivity index (χ3v) is 3.64. The number of aromatic hydroxyl groups is 1. The molecule has 5 nitrogen and oxygen atoms in total. The highest BCUT2D eigenvalue weighted by atomic mass is 16.3. The van der Waals surface area contributed by atoms with E-state index in [9.17, 15) is 10.2 Å². The van der Waals surface area contributed by atoms with E-state index in [0.29, 0.717) is 13.1 Å². The minimum Gasteiger partial charge on any atom is -0.508 e. The Bertz CT molecular complexity index is 568. The number of aryl methyl sites for hydroxylation is 1. The molecule has 1 atom stereocenters. The van der Waals surface area contributed by atoms with Gasteiger partial charge in [0.25, 0.3) is 0 Å². The lowest BCUT2D eigenvalue weighted by atomic mass is 10.1. The smallest absolute Gasteiger partial charge is 0.122 e. The third-order valence-electron chi connectivity index (χ3n) is 3.64. The van der Waals surface area contributed by atoms with Gasteiger partial charge in [0.15, 0.2) is 0 Å². The number of hydrogen-bond acceptors (Lipinski definition) is 4. The predicted molar refractivity (Wildman–Crippen MR) is 81.9 cm³/mol. The van der Waals surface area contributed by atoms with Crippen LogP contribution in [0.2, 0.25) is 0 Å². The molecule has 0 bridgehead atoms. The standard InChI is InChI=1S/C16H23N3O2/c1-3-18(12-16-17-8-9-19(16)4-2)11-15(21)13-6-5-7-14(20)10-13/h5-10,15,20-21H,3-4,11-12H2,1-2H3. The van der Waals surface area contributed by atoms with E-state index >= 15 is 0 Å². The van der Waals surface area contributed by atoms with Crippen LogP contribution in [0.1, 0.15) is 31.3 Å². The minimum absolute atomic E-state index is 0.177. The van der Waals surface area contributed by atoms with Crippen molar-refractivity contribution in [3.63, 3.8) is 0 Å². The molecule has 1 unspecified atom stereocenters. The van der Waals surface area contributed by atoms with E-state index < -0.39 is 6.10 Å². The number of aromatic nitrogens is 2. The van der Waals surface area contributed by atoms with Crippen molar-refractivity contribution < 1.29 is 10.2 Å². The summed E-state index contributed by atoms with van der Waals surface area (Å²) < 4.78 is 2.10. The summed E-state index contributed by atoms with van der Waals surface area (Å²) in [7, 11) is 0. The SMILES string of the molecule is CCN(Cc1nccn1CC)CC(O)c1cccc(O)c1. The van der Waals surface area contributed by atoms with Gasteiger partial charge >= 0.3 is 0 Å². The Hall–Kier alpha value is -1.85. The van der Waals surface area contributed by atoms with E-state index in [0.717, 1.165) is 24.5 Å². The summed E-state index contributed by atoms with van der Waals surface area (Å²) in [5, 5.41) is 19.8. The minimum atomic E-state index is -0.623. The Labute approximate surface area is 125 Å². The maximum atomic E-state index is 10.3. The highest BCUT2D eigenvalue weighted by Gasteiger charge is 2.15. The second kappa shape index (κ2) is 7.24. The highest BCUT2D eigenvalue weighted by molar-refractivity contribution is 5.28. The maximum Gasteiger partial charge on any atom is 0.122 e. The van der Waals surface area contributed by atoms with Crippen LogP contribution in [0.3, 0.4) is 0 Å². The number of imidazole rings is 1. The van der Waals surface area contributed by atoms with Gasteiger partial charge < -0.3 is 14.8 Å². The van der Waals surface area contributed by atoms with Crippen LogP contribution in [0, 0.1) is 0 Å². The second-order valence-corrected chi connectivity index (χ2v) is 5.07. The summed E-state index contributed by atoms with van der Waals surface area (Å²) in [4.78, 5) is 6.51. The predicted octanol–water partition coefficient (Wildman–Crippen LogP) is 2.16. The van der Waals surface area contributed by atoms with Gasteiger partial charge in [0.2, 0.25) is 0 Å². The molecule has 0 aliphatic rings. The molecule has 21 heavy (non-hydrogen) atoms. The number of benzene rings is 1. The van der Waals surface area contributed by atoms with Crippen molar-refractivity contribution in [2.24, 2.45) is 0 Å². The van der Waals surface area contributed by atoms with Gasteiger partial charge in [-0.3, -0.25) is 4.90 Å². The first-order valence-corrected chi connectivity index (χ1v) is 7.33. The Morgan fingerprint density at radius 2 is 2.14 bits per heavy atom. The first kappa shape index (κ1) is 15.5. The third kappa shape index (κ3) is 4.06. The zero-order valence-electron chi connectivity index (χ0n) is 12.6.